The molecule has 0 bridgehead atoms. The lowest BCUT2D eigenvalue weighted by Gasteiger charge is -2.09. The van der Waals surface area contributed by atoms with Crippen LogP contribution in [0, 0.1) is 17.5 Å². The number of nitrogens with zero attached hydrogens (tertiary/aromatic N) is 1. The van der Waals surface area contributed by atoms with E-state index in [1.165, 1.54) is 19.2 Å². The fourth-order valence-electron chi connectivity index (χ4n) is 1.58. The van der Waals surface area contributed by atoms with Crippen LogP contribution < -0.4 is 0 Å². The molecule has 1 atom stereocenters. The maximum atomic E-state index is 13.4. The molecule has 2 rings (SSSR count). The zero-order valence-electron chi connectivity index (χ0n) is 8.34. The van der Waals surface area contributed by atoms with Gasteiger partial charge in [0.2, 0.25) is 0 Å². The number of halogens is 3. The van der Waals surface area contributed by atoms with Gasteiger partial charge in [-0.2, -0.15) is 0 Å². The first-order valence-electron chi connectivity index (χ1n) is 4.62. The van der Waals surface area contributed by atoms with Crippen molar-refractivity contribution in [3.63, 3.8) is 0 Å². The minimum atomic E-state index is -1.52. The smallest absolute Gasteiger partial charge is 0.195 e. The number of aromatic nitrogens is 1. The topological polar surface area (TPSA) is 33.1 Å². The van der Waals surface area contributed by atoms with Crippen molar-refractivity contribution in [1.82, 2.24) is 4.98 Å². The molecular weight excluding hydrogens is 219 g/mol. The van der Waals surface area contributed by atoms with Crippen LogP contribution in [0.25, 0.3) is 10.8 Å². The van der Waals surface area contributed by atoms with Crippen molar-refractivity contribution in [1.29, 1.82) is 0 Å². The highest BCUT2D eigenvalue weighted by atomic mass is 19.2. The molecular formula is C11H8F3NO. The summed E-state index contributed by atoms with van der Waals surface area (Å²) in [6.45, 7) is 1.42. The van der Waals surface area contributed by atoms with Crippen molar-refractivity contribution >= 4 is 10.8 Å². The molecule has 1 N–H and O–H groups in total. The Kier molecular flexibility index (Phi) is 2.55. The van der Waals surface area contributed by atoms with Crippen molar-refractivity contribution in [2.45, 2.75) is 13.0 Å². The lowest BCUT2D eigenvalue weighted by molar-refractivity contribution is 0.196. The molecule has 0 saturated heterocycles. The molecule has 0 amide bonds. The quantitative estimate of drug-likeness (QED) is 0.760. The van der Waals surface area contributed by atoms with E-state index in [1.54, 1.807) is 0 Å². The first kappa shape index (κ1) is 10.9. The highest BCUT2D eigenvalue weighted by molar-refractivity contribution is 5.85. The summed E-state index contributed by atoms with van der Waals surface area (Å²) in [4.78, 5) is 3.81. The second kappa shape index (κ2) is 3.75. The number of hydrogen-bond acceptors (Lipinski definition) is 2. The second-order valence-electron chi connectivity index (χ2n) is 3.45. The number of rotatable bonds is 1. The van der Waals surface area contributed by atoms with Gasteiger partial charge in [0.15, 0.2) is 17.5 Å². The molecule has 0 aliphatic heterocycles. The van der Waals surface area contributed by atoms with Gasteiger partial charge in [0.05, 0.1) is 11.8 Å². The number of pyridine rings is 1. The van der Waals surface area contributed by atoms with Crippen LogP contribution in [0.15, 0.2) is 18.3 Å². The number of benzene rings is 1. The van der Waals surface area contributed by atoms with Crippen molar-refractivity contribution < 1.29 is 18.3 Å². The molecule has 1 aromatic carbocycles. The lowest BCUT2D eigenvalue weighted by Crippen LogP contribution is -2.00. The molecule has 1 aromatic heterocycles. The Morgan fingerprint density at radius 2 is 1.88 bits per heavy atom. The SMILES string of the molecule is CC(O)c1nccc2c(F)c(F)c(F)cc12. The fraction of sp³-hybridized carbons (Fsp3) is 0.182. The Morgan fingerprint density at radius 1 is 1.19 bits per heavy atom. The van der Waals surface area contributed by atoms with E-state index in [4.69, 9.17) is 0 Å². The molecule has 5 heteroatoms. The molecule has 0 aliphatic rings. The van der Waals surface area contributed by atoms with Gasteiger partial charge < -0.3 is 5.11 Å². The Morgan fingerprint density at radius 3 is 2.50 bits per heavy atom. The van der Waals surface area contributed by atoms with Crippen LogP contribution in [0.1, 0.15) is 18.7 Å². The van der Waals surface area contributed by atoms with E-state index in [1.807, 2.05) is 0 Å². The monoisotopic (exact) mass is 227 g/mol. The summed E-state index contributed by atoms with van der Waals surface area (Å²) < 4.78 is 39.4. The molecule has 16 heavy (non-hydrogen) atoms. The summed E-state index contributed by atoms with van der Waals surface area (Å²) in [6.07, 6.45) is 0.262. The average Bonchev–Trinajstić information content (AvgIpc) is 2.25. The highest BCUT2D eigenvalue weighted by Crippen LogP contribution is 2.27. The number of hydrogen-bond donors (Lipinski definition) is 1. The van der Waals surface area contributed by atoms with Gasteiger partial charge in [-0.05, 0) is 19.1 Å². The zero-order chi connectivity index (χ0) is 11.9. The van der Waals surface area contributed by atoms with Crippen LogP contribution in [0.3, 0.4) is 0 Å². The summed E-state index contributed by atoms with van der Waals surface area (Å²) in [7, 11) is 0. The summed E-state index contributed by atoms with van der Waals surface area (Å²) in [5, 5.41) is 9.36. The molecule has 0 saturated carbocycles. The molecule has 0 spiro atoms. The Balaban J connectivity index is 2.89. The third-order valence-electron chi connectivity index (χ3n) is 2.33. The molecule has 0 fully saturated rings. The summed E-state index contributed by atoms with van der Waals surface area (Å²) >= 11 is 0. The van der Waals surface area contributed by atoms with Crippen LogP contribution in [0.5, 0.6) is 0 Å². The van der Waals surface area contributed by atoms with E-state index in [0.29, 0.717) is 0 Å². The van der Waals surface area contributed by atoms with E-state index in [0.717, 1.165) is 6.07 Å². The normalized spacial score (nSPS) is 13.1. The predicted octanol–water partition coefficient (Wildman–Crippen LogP) is 2.71. The fourth-order valence-corrected chi connectivity index (χ4v) is 1.58. The largest absolute Gasteiger partial charge is 0.387 e. The zero-order valence-corrected chi connectivity index (χ0v) is 8.34. The minimum absolute atomic E-state index is 0.0777. The van der Waals surface area contributed by atoms with Crippen LogP contribution in [-0.4, -0.2) is 10.1 Å². The van der Waals surface area contributed by atoms with Gasteiger partial charge in [-0.25, -0.2) is 13.2 Å². The third kappa shape index (κ3) is 1.53. The molecule has 0 radical (unpaired) electrons. The lowest BCUT2D eigenvalue weighted by atomic mass is 10.1. The van der Waals surface area contributed by atoms with E-state index in [-0.39, 0.29) is 16.5 Å². The number of fused-ring (bicyclic) bond motifs is 1. The maximum absolute atomic E-state index is 13.4. The number of aliphatic hydroxyl groups excluding tert-OH is 1. The Hall–Kier alpha value is -1.62. The van der Waals surface area contributed by atoms with Gasteiger partial charge >= 0.3 is 0 Å². The van der Waals surface area contributed by atoms with Crippen LogP contribution >= 0.6 is 0 Å². The minimum Gasteiger partial charge on any atom is -0.387 e. The van der Waals surface area contributed by atoms with Gasteiger partial charge in [0.1, 0.15) is 0 Å². The van der Waals surface area contributed by atoms with E-state index < -0.39 is 23.6 Å². The molecule has 1 unspecified atom stereocenters. The summed E-state index contributed by atoms with van der Waals surface area (Å²) in [6, 6.07) is 2.07. The van der Waals surface area contributed by atoms with Crippen LogP contribution in [0.2, 0.25) is 0 Å². The summed E-state index contributed by atoms with van der Waals surface area (Å²) in [5.74, 6) is -4.07. The second-order valence-corrected chi connectivity index (χ2v) is 3.45. The molecule has 2 nitrogen and oxygen atoms in total. The van der Waals surface area contributed by atoms with Crippen LogP contribution in [-0.2, 0) is 0 Å². The Labute approximate surface area is 89.4 Å². The van der Waals surface area contributed by atoms with Gasteiger partial charge in [0.25, 0.3) is 0 Å². The first-order chi connectivity index (χ1) is 7.52. The van der Waals surface area contributed by atoms with Crippen molar-refractivity contribution in [2.24, 2.45) is 0 Å². The van der Waals surface area contributed by atoms with Gasteiger partial charge in [-0.3, -0.25) is 4.98 Å². The van der Waals surface area contributed by atoms with Crippen molar-refractivity contribution in [3.8, 4) is 0 Å². The predicted molar refractivity (Wildman–Crippen MR) is 52.3 cm³/mol. The molecule has 84 valence electrons. The van der Waals surface area contributed by atoms with Crippen molar-refractivity contribution in [3.05, 3.63) is 41.5 Å². The third-order valence-corrected chi connectivity index (χ3v) is 2.33. The maximum Gasteiger partial charge on any atom is 0.195 e. The first-order valence-corrected chi connectivity index (χ1v) is 4.62. The van der Waals surface area contributed by atoms with E-state index >= 15 is 0 Å². The standard InChI is InChI=1S/C11H8F3NO/c1-5(16)11-7-4-8(12)10(14)9(13)6(7)2-3-15-11/h2-5,16H,1H3. The summed E-state index contributed by atoms with van der Waals surface area (Å²) in [5.41, 5.74) is 0.121. The van der Waals surface area contributed by atoms with Crippen molar-refractivity contribution in [2.75, 3.05) is 0 Å². The molecule has 2 aromatic rings. The molecule has 1 heterocycles. The molecule has 0 aliphatic carbocycles. The van der Waals surface area contributed by atoms with Gasteiger partial charge in [-0.15, -0.1) is 0 Å². The average molecular weight is 227 g/mol. The van der Waals surface area contributed by atoms with Crippen LogP contribution in [0.4, 0.5) is 13.2 Å². The van der Waals surface area contributed by atoms with Gasteiger partial charge in [-0.1, -0.05) is 0 Å². The number of aliphatic hydroxyl groups is 1. The Bertz CT molecular complexity index is 554. The van der Waals surface area contributed by atoms with Gasteiger partial charge in [0, 0.05) is 17.0 Å². The van der Waals surface area contributed by atoms with E-state index in [2.05, 4.69) is 4.98 Å². The highest BCUT2D eigenvalue weighted by Gasteiger charge is 2.17. The van der Waals surface area contributed by atoms with E-state index in [9.17, 15) is 18.3 Å².